The van der Waals surface area contributed by atoms with Crippen molar-refractivity contribution >= 4 is 11.8 Å². The van der Waals surface area contributed by atoms with E-state index in [9.17, 15) is 0 Å². The molecule has 1 unspecified atom stereocenters. The average molecular weight is 434 g/mol. The zero-order valence-corrected chi connectivity index (χ0v) is 20.4. The Bertz CT molecular complexity index is 592. The van der Waals surface area contributed by atoms with Crippen molar-refractivity contribution in [1.82, 2.24) is 0 Å². The van der Waals surface area contributed by atoms with Crippen LogP contribution in [0.5, 0.6) is 0 Å². The summed E-state index contributed by atoms with van der Waals surface area (Å²) < 4.78 is 1.67. The molecule has 2 rings (SSSR count). The second kappa shape index (κ2) is 9.20. The predicted molar refractivity (Wildman–Crippen MR) is 101 cm³/mol. The Morgan fingerprint density at radius 2 is 1.68 bits per heavy atom. The second-order valence-electron chi connectivity index (χ2n) is 8.58. The first-order valence-corrected chi connectivity index (χ1v) is 10.4. The smallest absolute Gasteiger partial charge is 1.00 e. The molecule has 0 aromatic heterocycles. The van der Waals surface area contributed by atoms with Crippen LogP contribution in [0.25, 0.3) is 0 Å². The Labute approximate surface area is 183 Å². The molecule has 0 aliphatic heterocycles. The minimum atomic E-state index is 0. The van der Waals surface area contributed by atoms with E-state index in [0.717, 1.165) is 12.8 Å². The van der Waals surface area contributed by atoms with E-state index in [2.05, 4.69) is 111 Å². The molecule has 0 radical (unpaired) electrons. The van der Waals surface area contributed by atoms with Gasteiger partial charge in [-0.3, -0.25) is 0 Å². The van der Waals surface area contributed by atoms with Gasteiger partial charge in [-0.05, 0) is 0 Å². The molecule has 0 fully saturated rings. The van der Waals surface area contributed by atoms with Gasteiger partial charge in [-0.1, -0.05) is 0 Å². The van der Waals surface area contributed by atoms with Crippen LogP contribution in [0.4, 0.5) is 0 Å². The third kappa shape index (κ3) is 4.91. The molecule has 2 aliphatic rings. The molecule has 0 spiro atoms. The second-order valence-corrected chi connectivity index (χ2v) is 11.4. The number of hydrogen-bond acceptors (Lipinski definition) is 1. The van der Waals surface area contributed by atoms with Gasteiger partial charge in [0.05, 0.1) is 0 Å². The maximum absolute atomic E-state index is 2.47. The van der Waals surface area contributed by atoms with E-state index in [1.54, 1.807) is 15.0 Å². The normalized spacial score (nSPS) is 23.5. The van der Waals surface area contributed by atoms with Crippen molar-refractivity contribution in [3.05, 3.63) is 45.4 Å². The van der Waals surface area contributed by atoms with Crippen LogP contribution in [0, 0.1) is 10.8 Å². The van der Waals surface area contributed by atoms with Gasteiger partial charge in [-0.2, -0.15) is 0 Å². The summed E-state index contributed by atoms with van der Waals surface area (Å²) in [7, 11) is 0. The van der Waals surface area contributed by atoms with Gasteiger partial charge in [-0.25, -0.2) is 0 Å². The van der Waals surface area contributed by atoms with Crippen molar-refractivity contribution in [3.63, 3.8) is 0 Å². The third-order valence-corrected chi connectivity index (χ3v) is 7.61. The van der Waals surface area contributed by atoms with E-state index in [1.807, 2.05) is 0 Å². The van der Waals surface area contributed by atoms with Gasteiger partial charge in [0.15, 0.2) is 0 Å². The van der Waals surface area contributed by atoms with Gasteiger partial charge in [0, 0.05) is 0 Å². The summed E-state index contributed by atoms with van der Waals surface area (Å²) >= 11 is 4.48. The topological polar surface area (TPSA) is 0 Å². The minimum absolute atomic E-state index is 0. The summed E-state index contributed by atoms with van der Waals surface area (Å²) in [6.45, 7) is 16.7. The van der Waals surface area contributed by atoms with Crippen LogP contribution in [0.2, 0.25) is 0 Å². The molecular weight excluding hydrogens is 403 g/mol. The van der Waals surface area contributed by atoms with Crippen LogP contribution >= 0.6 is 11.8 Å². The van der Waals surface area contributed by atoms with E-state index in [0.29, 0.717) is 5.25 Å². The summed E-state index contributed by atoms with van der Waals surface area (Å²) in [5.74, 6) is 0. The molecule has 0 bridgehead atoms. The van der Waals surface area contributed by atoms with Crippen molar-refractivity contribution in [1.29, 1.82) is 0 Å². The standard InChI is InChI=1S/C21H31S.2ClH.Ti/c1-16(2)22-21(20(6,7)17-12-8-9-13-17)15-11-10-14-18(21)19(3,4)5;;;/h8,10-12,14,16H,9,15H2,1-7H3;2*1H;/q;;;+2/p-2. The number of thioether (sulfide) groups is 1. The summed E-state index contributed by atoms with van der Waals surface area (Å²) in [6.07, 6.45) is 14.0. The molecule has 0 saturated heterocycles. The number of allylic oxidation sites excluding steroid dienone is 7. The maximum atomic E-state index is 2.47. The number of hydrogen-bond donors (Lipinski definition) is 0. The van der Waals surface area contributed by atoms with Crippen molar-refractivity contribution in [2.75, 3.05) is 0 Å². The molecule has 0 aromatic carbocycles. The fourth-order valence-corrected chi connectivity index (χ4v) is 6.77. The van der Waals surface area contributed by atoms with Gasteiger partial charge in [0.2, 0.25) is 0 Å². The minimum Gasteiger partial charge on any atom is -1.00 e. The largest absolute Gasteiger partial charge is 1.00 e. The molecule has 0 aromatic rings. The van der Waals surface area contributed by atoms with E-state index in [-0.39, 0.29) is 40.4 Å². The third-order valence-electron chi connectivity index (χ3n) is 5.10. The molecule has 0 heterocycles. The molecule has 0 N–H and O–H groups in total. The Kier molecular flexibility index (Phi) is 9.42. The van der Waals surface area contributed by atoms with Gasteiger partial charge in [0.25, 0.3) is 0 Å². The van der Waals surface area contributed by atoms with Crippen molar-refractivity contribution in [3.8, 4) is 0 Å². The molecule has 2 aliphatic carbocycles. The molecule has 1 atom stereocenters. The molecule has 139 valence electrons. The Balaban J connectivity index is 0.00000288. The Hall–Kier alpha value is 0.604. The van der Waals surface area contributed by atoms with Gasteiger partial charge >= 0.3 is 160 Å². The maximum Gasteiger partial charge on any atom is -1.00 e. The molecule has 4 heteroatoms. The Morgan fingerprint density at radius 1 is 1.08 bits per heavy atom. The van der Waals surface area contributed by atoms with Gasteiger partial charge < -0.3 is 24.8 Å². The van der Waals surface area contributed by atoms with Crippen LogP contribution in [0.3, 0.4) is 0 Å². The zero-order valence-electron chi connectivity index (χ0n) is 16.5. The Morgan fingerprint density at radius 3 is 2.12 bits per heavy atom. The fraction of sp³-hybridized carbons (Fsp3) is 0.619. The zero-order chi connectivity index (χ0) is 17.5. The molecule has 0 saturated carbocycles. The van der Waals surface area contributed by atoms with E-state index < -0.39 is 0 Å². The summed E-state index contributed by atoms with van der Waals surface area (Å²) in [6, 6.07) is 0. The first kappa shape index (κ1) is 25.6. The first-order valence-electron chi connectivity index (χ1n) is 8.70. The first-order chi connectivity index (χ1) is 10.5. The number of rotatable bonds is 4. The van der Waals surface area contributed by atoms with E-state index >= 15 is 0 Å². The van der Waals surface area contributed by atoms with E-state index in [4.69, 9.17) is 0 Å². The molecule has 25 heavy (non-hydrogen) atoms. The number of halogens is 2. The van der Waals surface area contributed by atoms with Crippen LogP contribution < -0.4 is 24.8 Å². The fourth-order valence-electron chi connectivity index (χ4n) is 4.06. The molecule has 0 nitrogen and oxygen atoms in total. The summed E-state index contributed by atoms with van der Waals surface area (Å²) in [5, 5.41) is 0.609. The van der Waals surface area contributed by atoms with Crippen molar-refractivity contribution in [2.24, 2.45) is 10.8 Å². The quantitative estimate of drug-likeness (QED) is 0.585. The monoisotopic (exact) mass is 433 g/mol. The van der Waals surface area contributed by atoms with Crippen LogP contribution in [-0.4, -0.2) is 10.00 Å². The van der Waals surface area contributed by atoms with Crippen LogP contribution in [0.15, 0.2) is 45.4 Å². The van der Waals surface area contributed by atoms with Crippen LogP contribution in [-0.2, 0) is 20.4 Å². The van der Waals surface area contributed by atoms with Crippen molar-refractivity contribution in [2.45, 2.75) is 71.3 Å². The molecular formula is C21H31Cl2STi. The predicted octanol–water partition coefficient (Wildman–Crippen LogP) is 0.594. The SMILES string of the molecule is CC(C)SC1(C(C)(C)C2=[C]([Ti+2])CC=C2)CC=CC=C1C(C)(C)C.[Cl-].[Cl-]. The summed E-state index contributed by atoms with van der Waals surface area (Å²) in [5.41, 5.74) is 3.44. The van der Waals surface area contributed by atoms with Gasteiger partial charge in [0.1, 0.15) is 0 Å². The molecule has 0 amide bonds. The van der Waals surface area contributed by atoms with Gasteiger partial charge in [-0.15, -0.1) is 0 Å². The average Bonchev–Trinajstić information content (AvgIpc) is 2.84. The van der Waals surface area contributed by atoms with Crippen LogP contribution in [0.1, 0.15) is 61.3 Å². The van der Waals surface area contributed by atoms with Crippen molar-refractivity contribution < 1.29 is 45.2 Å². The van der Waals surface area contributed by atoms with E-state index in [1.165, 1.54) is 0 Å². The summed E-state index contributed by atoms with van der Waals surface area (Å²) in [4.78, 5) is 0.